The van der Waals surface area contributed by atoms with Gasteiger partial charge in [-0.1, -0.05) is 23.7 Å². The molecule has 1 saturated heterocycles. The molecular formula is C13H17ClN2O. The fourth-order valence-electron chi connectivity index (χ4n) is 2.32. The number of likely N-dealkylation sites (tertiary alicyclic amines) is 1. The Labute approximate surface area is 107 Å². The maximum absolute atomic E-state index is 12.4. The van der Waals surface area contributed by atoms with Gasteiger partial charge in [0.2, 0.25) is 0 Å². The number of nitrogens with zero attached hydrogens (tertiary/aromatic N) is 1. The Morgan fingerprint density at radius 1 is 1.59 bits per heavy atom. The van der Waals surface area contributed by atoms with Crippen LogP contribution < -0.4 is 5.73 Å². The third-order valence-electron chi connectivity index (χ3n) is 3.33. The van der Waals surface area contributed by atoms with E-state index in [1.165, 1.54) is 0 Å². The molecule has 92 valence electrons. The number of amides is 1. The molecular weight excluding hydrogens is 236 g/mol. The molecule has 0 aromatic heterocycles. The predicted octanol–water partition coefficient (Wildman–Crippen LogP) is 2.21. The van der Waals surface area contributed by atoms with E-state index in [-0.39, 0.29) is 11.9 Å². The molecule has 1 aromatic rings. The molecule has 0 saturated carbocycles. The van der Waals surface area contributed by atoms with Crippen LogP contribution in [0.3, 0.4) is 0 Å². The molecule has 3 nitrogen and oxygen atoms in total. The highest BCUT2D eigenvalue weighted by Gasteiger charge is 2.29. The molecule has 0 radical (unpaired) electrons. The second-order valence-corrected chi connectivity index (χ2v) is 4.84. The smallest absolute Gasteiger partial charge is 0.255 e. The number of carbonyl (C=O) groups excluding carboxylic acids is 1. The Kier molecular flexibility index (Phi) is 3.69. The first kappa shape index (κ1) is 12.4. The lowest BCUT2D eigenvalue weighted by Crippen LogP contribution is -2.40. The molecule has 1 atom stereocenters. The number of rotatable bonds is 2. The summed E-state index contributed by atoms with van der Waals surface area (Å²) in [6.45, 7) is 3.21. The summed E-state index contributed by atoms with van der Waals surface area (Å²) in [6, 6.07) is 5.72. The number of carbonyl (C=O) groups is 1. The van der Waals surface area contributed by atoms with E-state index < -0.39 is 0 Å². The van der Waals surface area contributed by atoms with Crippen molar-refractivity contribution in [1.29, 1.82) is 0 Å². The van der Waals surface area contributed by atoms with Crippen LogP contribution in [0.15, 0.2) is 18.2 Å². The fraction of sp³-hybridized carbons (Fsp3) is 0.462. The van der Waals surface area contributed by atoms with Crippen LogP contribution in [0, 0.1) is 6.92 Å². The minimum atomic E-state index is 0.00616. The Morgan fingerprint density at radius 2 is 2.35 bits per heavy atom. The van der Waals surface area contributed by atoms with Crippen LogP contribution in [0.4, 0.5) is 0 Å². The fourth-order valence-corrected chi connectivity index (χ4v) is 2.52. The van der Waals surface area contributed by atoms with Gasteiger partial charge in [-0.25, -0.2) is 0 Å². The first-order valence-electron chi connectivity index (χ1n) is 5.91. The lowest BCUT2D eigenvalue weighted by molar-refractivity contribution is 0.0741. The number of hydrogen-bond acceptors (Lipinski definition) is 2. The van der Waals surface area contributed by atoms with E-state index in [9.17, 15) is 4.79 Å². The number of aryl methyl sites for hydroxylation is 1. The van der Waals surface area contributed by atoms with Gasteiger partial charge < -0.3 is 10.6 Å². The minimum absolute atomic E-state index is 0.00616. The zero-order valence-corrected chi connectivity index (χ0v) is 10.7. The van der Waals surface area contributed by atoms with Crippen molar-refractivity contribution in [2.24, 2.45) is 5.73 Å². The Morgan fingerprint density at radius 3 is 3.06 bits per heavy atom. The standard InChI is InChI=1S/C13H17ClN2O/c1-9-4-2-6-11(12(9)14)13(17)16-7-3-5-10(16)8-15/h2,4,6,10H,3,5,7-8,15H2,1H3. The molecule has 0 aliphatic carbocycles. The van der Waals surface area contributed by atoms with Crippen LogP contribution in [0.25, 0.3) is 0 Å². The van der Waals surface area contributed by atoms with Crippen molar-refractivity contribution in [2.45, 2.75) is 25.8 Å². The highest BCUT2D eigenvalue weighted by molar-refractivity contribution is 6.34. The predicted molar refractivity (Wildman–Crippen MR) is 69.3 cm³/mol. The van der Waals surface area contributed by atoms with Crippen molar-refractivity contribution in [3.8, 4) is 0 Å². The zero-order chi connectivity index (χ0) is 12.4. The summed E-state index contributed by atoms with van der Waals surface area (Å²) in [5.41, 5.74) is 7.20. The van der Waals surface area contributed by atoms with Crippen molar-refractivity contribution < 1.29 is 4.79 Å². The first-order valence-corrected chi connectivity index (χ1v) is 6.29. The van der Waals surface area contributed by atoms with E-state index in [2.05, 4.69) is 0 Å². The highest BCUT2D eigenvalue weighted by atomic mass is 35.5. The summed E-state index contributed by atoms with van der Waals surface area (Å²) < 4.78 is 0. The van der Waals surface area contributed by atoms with Crippen LogP contribution in [0.1, 0.15) is 28.8 Å². The van der Waals surface area contributed by atoms with Crippen LogP contribution in [0.2, 0.25) is 5.02 Å². The average molecular weight is 253 g/mol. The van der Waals surface area contributed by atoms with Crippen molar-refractivity contribution in [1.82, 2.24) is 4.90 Å². The van der Waals surface area contributed by atoms with Crippen molar-refractivity contribution in [3.05, 3.63) is 34.3 Å². The molecule has 17 heavy (non-hydrogen) atoms. The van der Waals surface area contributed by atoms with E-state index in [1.807, 2.05) is 24.0 Å². The molecule has 2 rings (SSSR count). The molecule has 1 fully saturated rings. The van der Waals surface area contributed by atoms with Crippen LogP contribution in [-0.4, -0.2) is 29.9 Å². The average Bonchev–Trinajstić information content (AvgIpc) is 2.80. The number of nitrogens with two attached hydrogens (primary N) is 1. The molecule has 1 aliphatic rings. The Balaban J connectivity index is 2.28. The van der Waals surface area contributed by atoms with E-state index >= 15 is 0 Å². The molecule has 0 spiro atoms. The molecule has 2 N–H and O–H groups in total. The summed E-state index contributed by atoms with van der Waals surface area (Å²) in [5, 5.41) is 0.556. The largest absolute Gasteiger partial charge is 0.334 e. The normalized spacial score (nSPS) is 19.7. The minimum Gasteiger partial charge on any atom is -0.334 e. The molecule has 1 amide bonds. The van der Waals surface area contributed by atoms with Gasteiger partial charge in [-0.05, 0) is 31.4 Å². The van der Waals surface area contributed by atoms with Gasteiger partial charge in [0, 0.05) is 19.1 Å². The second kappa shape index (κ2) is 5.07. The van der Waals surface area contributed by atoms with Gasteiger partial charge in [0.1, 0.15) is 0 Å². The first-order chi connectivity index (χ1) is 8.15. The highest BCUT2D eigenvalue weighted by Crippen LogP contribution is 2.25. The topological polar surface area (TPSA) is 46.3 Å². The molecule has 4 heteroatoms. The van der Waals surface area contributed by atoms with Crippen LogP contribution in [-0.2, 0) is 0 Å². The number of benzene rings is 1. The summed E-state index contributed by atoms with van der Waals surface area (Å²) in [5.74, 6) is 0.00616. The number of halogens is 1. The van der Waals surface area contributed by atoms with Crippen LogP contribution in [0.5, 0.6) is 0 Å². The molecule has 1 aromatic carbocycles. The van der Waals surface area contributed by atoms with Gasteiger partial charge in [-0.15, -0.1) is 0 Å². The Bertz CT molecular complexity index is 433. The molecule has 0 bridgehead atoms. The second-order valence-electron chi connectivity index (χ2n) is 4.47. The summed E-state index contributed by atoms with van der Waals surface area (Å²) >= 11 is 6.18. The van der Waals surface area contributed by atoms with Crippen molar-refractivity contribution >= 4 is 17.5 Å². The van der Waals surface area contributed by atoms with Gasteiger partial charge >= 0.3 is 0 Å². The lowest BCUT2D eigenvalue weighted by atomic mass is 10.1. The van der Waals surface area contributed by atoms with Gasteiger partial charge in [0.15, 0.2) is 0 Å². The zero-order valence-electron chi connectivity index (χ0n) is 9.95. The van der Waals surface area contributed by atoms with Gasteiger partial charge in [0.05, 0.1) is 10.6 Å². The molecule has 1 heterocycles. The third-order valence-corrected chi connectivity index (χ3v) is 3.83. The van der Waals surface area contributed by atoms with E-state index in [0.29, 0.717) is 17.1 Å². The SMILES string of the molecule is Cc1cccc(C(=O)N2CCCC2CN)c1Cl. The molecule has 1 aliphatic heterocycles. The van der Waals surface area contributed by atoms with E-state index in [4.69, 9.17) is 17.3 Å². The van der Waals surface area contributed by atoms with Crippen molar-refractivity contribution in [2.75, 3.05) is 13.1 Å². The monoisotopic (exact) mass is 252 g/mol. The Hall–Kier alpha value is -1.06. The third kappa shape index (κ3) is 2.31. The van der Waals surface area contributed by atoms with Gasteiger partial charge in [-0.3, -0.25) is 4.79 Å². The maximum Gasteiger partial charge on any atom is 0.255 e. The molecule has 1 unspecified atom stereocenters. The van der Waals surface area contributed by atoms with Crippen LogP contribution >= 0.6 is 11.6 Å². The summed E-state index contributed by atoms with van der Waals surface area (Å²) in [7, 11) is 0. The van der Waals surface area contributed by atoms with Gasteiger partial charge in [-0.2, -0.15) is 0 Å². The van der Waals surface area contributed by atoms with E-state index in [0.717, 1.165) is 24.9 Å². The van der Waals surface area contributed by atoms with Crippen molar-refractivity contribution in [3.63, 3.8) is 0 Å². The summed E-state index contributed by atoms with van der Waals surface area (Å²) in [4.78, 5) is 14.2. The van der Waals surface area contributed by atoms with E-state index in [1.54, 1.807) is 6.07 Å². The maximum atomic E-state index is 12.4. The summed E-state index contributed by atoms with van der Waals surface area (Å²) in [6.07, 6.45) is 2.02. The number of hydrogen-bond donors (Lipinski definition) is 1. The lowest BCUT2D eigenvalue weighted by Gasteiger charge is -2.24. The quantitative estimate of drug-likeness (QED) is 0.877. The van der Waals surface area contributed by atoms with Gasteiger partial charge in [0.25, 0.3) is 5.91 Å².